The molecule has 0 unspecified atom stereocenters. The molecule has 8 nitrogen and oxygen atoms in total. The van der Waals surface area contributed by atoms with Gasteiger partial charge >= 0.3 is 6.09 Å². The Labute approximate surface area is 131 Å². The molecule has 2 aromatic carbocycles. The number of nitro groups is 1. The Morgan fingerprint density at radius 1 is 1.17 bits per heavy atom. The van der Waals surface area contributed by atoms with Crippen molar-refractivity contribution in [2.45, 2.75) is 6.61 Å². The summed E-state index contributed by atoms with van der Waals surface area (Å²) < 4.78 is 10.1. The zero-order chi connectivity index (χ0) is 16.7. The minimum Gasteiger partial charge on any atom is -0.496 e. The summed E-state index contributed by atoms with van der Waals surface area (Å²) in [6.45, 7) is 0.0134. The van der Waals surface area contributed by atoms with Gasteiger partial charge in [-0.05, 0) is 18.2 Å². The van der Waals surface area contributed by atoms with E-state index in [1.807, 2.05) is 0 Å². The van der Waals surface area contributed by atoms with Gasteiger partial charge in [-0.15, -0.1) is 0 Å². The third-order valence-corrected chi connectivity index (χ3v) is 2.85. The van der Waals surface area contributed by atoms with Gasteiger partial charge in [-0.25, -0.2) is 4.79 Å². The van der Waals surface area contributed by atoms with Crippen molar-refractivity contribution in [1.29, 1.82) is 0 Å². The van der Waals surface area contributed by atoms with Gasteiger partial charge in [0.05, 0.1) is 12.0 Å². The number of carbonyl (C=O) groups excluding carboxylic acids is 1. The van der Waals surface area contributed by atoms with Crippen LogP contribution in [0.1, 0.15) is 5.56 Å². The molecule has 0 radical (unpaired) electrons. The Balaban J connectivity index is 1.82. The van der Waals surface area contributed by atoms with Crippen LogP contribution in [0.4, 0.5) is 10.5 Å². The van der Waals surface area contributed by atoms with Crippen LogP contribution in [0.5, 0.6) is 11.5 Å². The van der Waals surface area contributed by atoms with Crippen molar-refractivity contribution in [2.24, 2.45) is 0 Å². The van der Waals surface area contributed by atoms with Gasteiger partial charge in [0.15, 0.2) is 5.75 Å². The highest BCUT2D eigenvalue weighted by Gasteiger charge is 2.08. The van der Waals surface area contributed by atoms with E-state index >= 15 is 0 Å². The molecule has 0 bridgehead atoms. The third kappa shape index (κ3) is 4.60. The standard InChI is InChI=1S/C15H14N2O6/c1-21-14-5-3-2-4-11(14)10-22-15(18)16-23-13-8-6-12(7-9-13)17(19)20/h2-9H,10H2,1H3,(H,16,18). The fourth-order valence-corrected chi connectivity index (χ4v) is 1.73. The minimum atomic E-state index is -0.797. The summed E-state index contributed by atoms with van der Waals surface area (Å²) >= 11 is 0. The molecular weight excluding hydrogens is 304 g/mol. The maximum absolute atomic E-state index is 11.6. The van der Waals surface area contributed by atoms with Crippen molar-refractivity contribution in [1.82, 2.24) is 5.48 Å². The number of carbonyl (C=O) groups is 1. The number of benzene rings is 2. The number of nitrogens with one attached hydrogen (secondary N) is 1. The molecule has 0 heterocycles. The molecule has 1 N–H and O–H groups in total. The lowest BCUT2D eigenvalue weighted by atomic mass is 10.2. The molecule has 1 amide bonds. The fourth-order valence-electron chi connectivity index (χ4n) is 1.73. The molecule has 0 aliphatic carbocycles. The smallest absolute Gasteiger partial charge is 0.440 e. The van der Waals surface area contributed by atoms with E-state index in [0.717, 1.165) is 0 Å². The minimum absolute atomic E-state index is 0.0134. The zero-order valence-electron chi connectivity index (χ0n) is 12.2. The third-order valence-electron chi connectivity index (χ3n) is 2.85. The second-order valence-electron chi connectivity index (χ2n) is 4.34. The van der Waals surface area contributed by atoms with Crippen molar-refractivity contribution < 1.29 is 24.0 Å². The first-order valence-electron chi connectivity index (χ1n) is 6.56. The molecule has 0 saturated heterocycles. The Kier molecular flexibility index (Phi) is 5.35. The van der Waals surface area contributed by atoms with Gasteiger partial charge in [-0.2, -0.15) is 5.48 Å². The van der Waals surface area contributed by atoms with Crippen molar-refractivity contribution in [2.75, 3.05) is 7.11 Å². The number of methoxy groups -OCH3 is 1. The van der Waals surface area contributed by atoms with Crippen molar-refractivity contribution in [3.63, 3.8) is 0 Å². The van der Waals surface area contributed by atoms with Crippen LogP contribution >= 0.6 is 0 Å². The molecular formula is C15H14N2O6. The van der Waals surface area contributed by atoms with Gasteiger partial charge < -0.3 is 14.3 Å². The lowest BCUT2D eigenvalue weighted by Crippen LogP contribution is -2.27. The number of hydroxylamine groups is 1. The van der Waals surface area contributed by atoms with Crippen LogP contribution in [0.15, 0.2) is 48.5 Å². The summed E-state index contributed by atoms with van der Waals surface area (Å²) in [5.41, 5.74) is 2.72. The number of rotatable bonds is 6. The van der Waals surface area contributed by atoms with Crippen LogP contribution in [0.25, 0.3) is 0 Å². The number of hydrogen-bond acceptors (Lipinski definition) is 6. The Hall–Kier alpha value is -3.29. The lowest BCUT2D eigenvalue weighted by Gasteiger charge is -2.10. The Morgan fingerprint density at radius 2 is 1.87 bits per heavy atom. The van der Waals surface area contributed by atoms with Crippen molar-refractivity contribution in [3.05, 3.63) is 64.2 Å². The number of nitro benzene ring substituents is 1. The molecule has 0 fully saturated rings. The molecule has 0 aromatic heterocycles. The van der Waals surface area contributed by atoms with Gasteiger partial charge in [-0.1, -0.05) is 18.2 Å². The summed E-state index contributed by atoms with van der Waals surface area (Å²) in [6, 6.07) is 12.4. The highest BCUT2D eigenvalue weighted by atomic mass is 16.7. The summed E-state index contributed by atoms with van der Waals surface area (Å²) in [6.07, 6.45) is -0.797. The monoisotopic (exact) mass is 318 g/mol. The molecule has 0 atom stereocenters. The van der Waals surface area contributed by atoms with E-state index < -0.39 is 11.0 Å². The number of nitrogens with zero attached hydrogens (tertiary/aromatic N) is 1. The maximum atomic E-state index is 11.6. The average Bonchev–Trinajstić information content (AvgIpc) is 2.58. The molecule has 23 heavy (non-hydrogen) atoms. The maximum Gasteiger partial charge on any atom is 0.440 e. The first-order chi connectivity index (χ1) is 11.1. The molecule has 0 spiro atoms. The largest absolute Gasteiger partial charge is 0.496 e. The summed E-state index contributed by atoms with van der Waals surface area (Å²) in [5, 5.41) is 10.5. The van der Waals surface area contributed by atoms with Crippen molar-refractivity contribution in [3.8, 4) is 11.5 Å². The summed E-state index contributed by atoms with van der Waals surface area (Å²) in [4.78, 5) is 26.5. The second-order valence-corrected chi connectivity index (χ2v) is 4.34. The van der Waals surface area contributed by atoms with Gasteiger partial charge in [0.2, 0.25) is 0 Å². The van der Waals surface area contributed by atoms with Gasteiger partial charge in [-0.3, -0.25) is 10.1 Å². The highest BCUT2D eigenvalue weighted by molar-refractivity contribution is 5.66. The van der Waals surface area contributed by atoms with E-state index in [2.05, 4.69) is 5.48 Å². The SMILES string of the molecule is COc1ccccc1COC(=O)NOc1ccc([N+](=O)[O-])cc1. The predicted octanol–water partition coefficient (Wildman–Crippen LogP) is 2.82. The van der Waals surface area contributed by atoms with E-state index in [1.54, 1.807) is 24.3 Å². The van der Waals surface area contributed by atoms with Gasteiger partial charge in [0.25, 0.3) is 5.69 Å². The quantitative estimate of drug-likeness (QED) is 0.649. The number of amides is 1. The average molecular weight is 318 g/mol. The van der Waals surface area contributed by atoms with Crippen LogP contribution in [-0.4, -0.2) is 18.1 Å². The van der Waals surface area contributed by atoms with Crippen LogP contribution in [0, 0.1) is 10.1 Å². The molecule has 8 heteroatoms. The van der Waals surface area contributed by atoms with E-state index in [1.165, 1.54) is 31.4 Å². The summed E-state index contributed by atoms with van der Waals surface area (Å²) in [5.74, 6) is 0.849. The van der Waals surface area contributed by atoms with Crippen LogP contribution < -0.4 is 15.1 Å². The molecule has 120 valence electrons. The molecule has 2 aromatic rings. The normalized spacial score (nSPS) is 9.78. The Bertz CT molecular complexity index is 687. The molecule has 2 rings (SSSR count). The topological polar surface area (TPSA) is 99.9 Å². The first-order valence-corrected chi connectivity index (χ1v) is 6.56. The number of ether oxygens (including phenoxy) is 2. The van der Waals surface area contributed by atoms with E-state index in [4.69, 9.17) is 14.3 Å². The Morgan fingerprint density at radius 3 is 2.52 bits per heavy atom. The predicted molar refractivity (Wildman–Crippen MR) is 80.0 cm³/mol. The van der Waals surface area contributed by atoms with E-state index in [-0.39, 0.29) is 18.0 Å². The number of para-hydroxylation sites is 1. The van der Waals surface area contributed by atoms with Gasteiger partial charge in [0, 0.05) is 17.7 Å². The number of non-ortho nitro benzene ring substituents is 1. The van der Waals surface area contributed by atoms with Crippen LogP contribution in [0.3, 0.4) is 0 Å². The first kappa shape index (κ1) is 16.1. The molecule has 0 aliphatic heterocycles. The van der Waals surface area contributed by atoms with Crippen molar-refractivity contribution >= 4 is 11.8 Å². The number of hydrogen-bond donors (Lipinski definition) is 1. The van der Waals surface area contributed by atoms with Crippen LogP contribution in [-0.2, 0) is 11.3 Å². The summed E-state index contributed by atoms with van der Waals surface area (Å²) in [7, 11) is 1.52. The second kappa shape index (κ2) is 7.64. The van der Waals surface area contributed by atoms with Crippen LogP contribution in [0.2, 0.25) is 0 Å². The highest BCUT2D eigenvalue weighted by Crippen LogP contribution is 2.18. The zero-order valence-corrected chi connectivity index (χ0v) is 12.2. The molecule has 0 aliphatic rings. The van der Waals surface area contributed by atoms with E-state index in [9.17, 15) is 14.9 Å². The fraction of sp³-hybridized carbons (Fsp3) is 0.133. The van der Waals surface area contributed by atoms with Gasteiger partial charge in [0.1, 0.15) is 12.4 Å². The molecule has 0 saturated carbocycles. The van der Waals surface area contributed by atoms with E-state index in [0.29, 0.717) is 11.3 Å². The lowest BCUT2D eigenvalue weighted by molar-refractivity contribution is -0.384.